The van der Waals surface area contributed by atoms with Crippen LogP contribution >= 0.6 is 17.0 Å². The minimum atomic E-state index is -0.222. The second-order valence-electron chi connectivity index (χ2n) is 1.80. The molecule has 11 heavy (non-hydrogen) atoms. The lowest BCUT2D eigenvalue weighted by atomic mass is 10.7. The molecule has 0 spiro atoms. The summed E-state index contributed by atoms with van der Waals surface area (Å²) in [6.45, 7) is 8.14. The molecule has 0 fully saturated rings. The Morgan fingerprint density at radius 1 is 1.09 bits per heavy atom. The maximum atomic E-state index is 5.19. The molecule has 0 bridgehead atoms. The summed E-state index contributed by atoms with van der Waals surface area (Å²) in [4.78, 5) is 0. The van der Waals surface area contributed by atoms with Gasteiger partial charge < -0.3 is 9.47 Å². The number of ether oxygens (including phenoxy) is 2. The molecule has 0 atom stereocenters. The zero-order valence-electron chi connectivity index (χ0n) is 7.42. The Balaban J connectivity index is 0. The SMILES string of the molecule is Br.CCNC(OCC)OCC. The van der Waals surface area contributed by atoms with Crippen molar-refractivity contribution in [3.8, 4) is 0 Å². The number of hydrogen-bond acceptors (Lipinski definition) is 3. The van der Waals surface area contributed by atoms with Crippen LogP contribution < -0.4 is 5.32 Å². The minimum absolute atomic E-state index is 0. The summed E-state index contributed by atoms with van der Waals surface area (Å²) in [7, 11) is 0. The predicted molar refractivity (Wildman–Crippen MR) is 51.0 cm³/mol. The van der Waals surface area contributed by atoms with E-state index in [9.17, 15) is 0 Å². The molecular formula is C7H18BrNO2. The van der Waals surface area contributed by atoms with Crippen LogP contribution in [0.1, 0.15) is 20.8 Å². The van der Waals surface area contributed by atoms with E-state index in [0.717, 1.165) is 6.54 Å². The van der Waals surface area contributed by atoms with Crippen LogP contribution in [0.4, 0.5) is 0 Å². The average Bonchev–Trinajstić information content (AvgIpc) is 1.90. The van der Waals surface area contributed by atoms with Crippen LogP contribution in [0, 0.1) is 0 Å². The molecule has 0 unspecified atom stereocenters. The summed E-state index contributed by atoms with van der Waals surface area (Å²) in [5, 5.41) is 3.04. The van der Waals surface area contributed by atoms with Gasteiger partial charge in [0.25, 0.3) is 0 Å². The molecule has 0 aromatic heterocycles. The molecule has 0 aromatic rings. The van der Waals surface area contributed by atoms with E-state index in [2.05, 4.69) is 5.32 Å². The lowest BCUT2D eigenvalue weighted by molar-refractivity contribution is -0.153. The van der Waals surface area contributed by atoms with Gasteiger partial charge in [0.2, 0.25) is 6.41 Å². The van der Waals surface area contributed by atoms with Gasteiger partial charge >= 0.3 is 0 Å². The van der Waals surface area contributed by atoms with Crippen molar-refractivity contribution in [3.63, 3.8) is 0 Å². The zero-order chi connectivity index (χ0) is 7.82. The van der Waals surface area contributed by atoms with E-state index in [1.54, 1.807) is 0 Å². The van der Waals surface area contributed by atoms with Gasteiger partial charge in [-0.2, -0.15) is 0 Å². The molecule has 0 aliphatic carbocycles. The molecule has 0 radical (unpaired) electrons. The highest BCUT2D eigenvalue weighted by Gasteiger charge is 2.02. The van der Waals surface area contributed by atoms with Crippen molar-refractivity contribution in [1.29, 1.82) is 0 Å². The van der Waals surface area contributed by atoms with Crippen LogP contribution in [-0.4, -0.2) is 26.2 Å². The Bertz CT molecular complexity index is 59.2. The molecule has 0 rings (SSSR count). The average molecular weight is 228 g/mol. The van der Waals surface area contributed by atoms with Crippen molar-refractivity contribution in [2.75, 3.05) is 19.8 Å². The van der Waals surface area contributed by atoms with Gasteiger partial charge in [-0.15, -0.1) is 17.0 Å². The maximum Gasteiger partial charge on any atom is 0.216 e. The fourth-order valence-electron chi connectivity index (χ4n) is 0.635. The molecule has 70 valence electrons. The first-order valence-corrected chi connectivity index (χ1v) is 3.81. The third-order valence-electron chi connectivity index (χ3n) is 1.01. The van der Waals surface area contributed by atoms with Crippen LogP contribution in [0.3, 0.4) is 0 Å². The number of nitrogens with one attached hydrogen (secondary N) is 1. The molecule has 0 aliphatic heterocycles. The third-order valence-corrected chi connectivity index (χ3v) is 1.01. The second-order valence-corrected chi connectivity index (χ2v) is 1.80. The van der Waals surface area contributed by atoms with Gasteiger partial charge in [-0.1, -0.05) is 6.92 Å². The van der Waals surface area contributed by atoms with E-state index in [-0.39, 0.29) is 23.4 Å². The Morgan fingerprint density at radius 2 is 1.55 bits per heavy atom. The summed E-state index contributed by atoms with van der Waals surface area (Å²) >= 11 is 0. The summed E-state index contributed by atoms with van der Waals surface area (Å²) in [5.41, 5.74) is 0. The summed E-state index contributed by atoms with van der Waals surface area (Å²) in [6.07, 6.45) is -0.222. The number of halogens is 1. The largest absolute Gasteiger partial charge is 0.340 e. The van der Waals surface area contributed by atoms with Crippen LogP contribution in [0.2, 0.25) is 0 Å². The molecule has 0 aromatic carbocycles. The van der Waals surface area contributed by atoms with Gasteiger partial charge in [0.1, 0.15) is 0 Å². The highest BCUT2D eigenvalue weighted by molar-refractivity contribution is 8.93. The smallest absolute Gasteiger partial charge is 0.216 e. The van der Waals surface area contributed by atoms with Crippen LogP contribution in [0.15, 0.2) is 0 Å². The molecule has 3 nitrogen and oxygen atoms in total. The number of hydrogen-bond donors (Lipinski definition) is 1. The van der Waals surface area contributed by atoms with Crippen molar-refractivity contribution in [3.05, 3.63) is 0 Å². The van der Waals surface area contributed by atoms with Gasteiger partial charge in [0.05, 0.1) is 0 Å². The minimum Gasteiger partial charge on any atom is -0.340 e. The number of rotatable bonds is 6. The second kappa shape index (κ2) is 10.4. The summed E-state index contributed by atoms with van der Waals surface area (Å²) in [6, 6.07) is 0. The molecule has 4 heteroatoms. The highest BCUT2D eigenvalue weighted by Crippen LogP contribution is 1.88. The molecule has 0 saturated heterocycles. The van der Waals surface area contributed by atoms with Gasteiger partial charge in [0, 0.05) is 13.2 Å². The zero-order valence-corrected chi connectivity index (χ0v) is 9.14. The van der Waals surface area contributed by atoms with Crippen LogP contribution in [0.5, 0.6) is 0 Å². The molecule has 0 amide bonds. The lowest BCUT2D eigenvalue weighted by Gasteiger charge is -2.16. The van der Waals surface area contributed by atoms with E-state index >= 15 is 0 Å². The quantitative estimate of drug-likeness (QED) is 0.699. The first-order chi connectivity index (χ1) is 4.85. The normalized spacial score (nSPS) is 9.82. The Morgan fingerprint density at radius 3 is 1.82 bits per heavy atom. The van der Waals surface area contributed by atoms with Crippen molar-refractivity contribution >= 4 is 17.0 Å². The Labute approximate surface area is 79.2 Å². The molecule has 1 N–H and O–H groups in total. The fraction of sp³-hybridized carbons (Fsp3) is 1.00. The fourth-order valence-corrected chi connectivity index (χ4v) is 0.635. The lowest BCUT2D eigenvalue weighted by Crippen LogP contribution is -2.34. The first-order valence-electron chi connectivity index (χ1n) is 3.81. The predicted octanol–water partition coefficient (Wildman–Crippen LogP) is 1.53. The summed E-state index contributed by atoms with van der Waals surface area (Å²) in [5.74, 6) is 0. The van der Waals surface area contributed by atoms with Gasteiger partial charge in [-0.3, -0.25) is 5.32 Å². The van der Waals surface area contributed by atoms with Crippen molar-refractivity contribution < 1.29 is 9.47 Å². The molecule has 0 heterocycles. The first kappa shape index (κ1) is 13.9. The van der Waals surface area contributed by atoms with Crippen molar-refractivity contribution in [2.24, 2.45) is 0 Å². The Hall–Kier alpha value is 0.360. The topological polar surface area (TPSA) is 30.5 Å². The highest BCUT2D eigenvalue weighted by atomic mass is 79.9. The van der Waals surface area contributed by atoms with Crippen LogP contribution in [0.25, 0.3) is 0 Å². The van der Waals surface area contributed by atoms with Gasteiger partial charge in [-0.25, -0.2) is 0 Å². The van der Waals surface area contributed by atoms with Crippen LogP contribution in [-0.2, 0) is 9.47 Å². The Kier molecular flexibility index (Phi) is 13.1. The van der Waals surface area contributed by atoms with E-state index in [1.165, 1.54) is 0 Å². The van der Waals surface area contributed by atoms with Crippen molar-refractivity contribution in [2.45, 2.75) is 27.2 Å². The monoisotopic (exact) mass is 227 g/mol. The van der Waals surface area contributed by atoms with E-state index in [4.69, 9.17) is 9.47 Å². The van der Waals surface area contributed by atoms with E-state index in [1.807, 2.05) is 20.8 Å². The maximum absolute atomic E-state index is 5.19. The molecule has 0 saturated carbocycles. The molecule has 0 aliphatic rings. The summed E-state index contributed by atoms with van der Waals surface area (Å²) < 4.78 is 10.4. The van der Waals surface area contributed by atoms with Gasteiger partial charge in [-0.05, 0) is 20.4 Å². The van der Waals surface area contributed by atoms with E-state index in [0.29, 0.717) is 13.2 Å². The van der Waals surface area contributed by atoms with E-state index < -0.39 is 0 Å². The molecular weight excluding hydrogens is 210 g/mol. The van der Waals surface area contributed by atoms with Crippen molar-refractivity contribution in [1.82, 2.24) is 5.32 Å². The van der Waals surface area contributed by atoms with Gasteiger partial charge in [0.15, 0.2) is 0 Å². The standard InChI is InChI=1S/C7H17NO2.BrH/c1-4-8-7(9-5-2)10-6-3;/h7-8H,4-6H2,1-3H3;1H. The third kappa shape index (κ3) is 8.26.